The average Bonchev–Trinajstić information content (AvgIpc) is 3.42. The third-order valence-corrected chi connectivity index (χ3v) is 7.39. The van der Waals surface area contributed by atoms with E-state index in [-0.39, 0.29) is 5.75 Å². The maximum absolute atomic E-state index is 10.8. The highest BCUT2D eigenvalue weighted by molar-refractivity contribution is 5.95. The van der Waals surface area contributed by atoms with Crippen LogP contribution in [0.15, 0.2) is 134 Å². The van der Waals surface area contributed by atoms with Crippen LogP contribution in [0.2, 0.25) is 0 Å². The van der Waals surface area contributed by atoms with Crippen LogP contribution in [-0.2, 0) is 0 Å². The number of hydrogen-bond donors (Lipinski definition) is 1. The fourth-order valence-corrected chi connectivity index (χ4v) is 5.34. The minimum absolute atomic E-state index is 0.177. The Kier molecular flexibility index (Phi) is 6.10. The fraction of sp³-hybridized carbons (Fsp3) is 0.0278. The summed E-state index contributed by atoms with van der Waals surface area (Å²) in [5.74, 6) is 0.832. The zero-order chi connectivity index (χ0) is 27.8. The highest BCUT2D eigenvalue weighted by Crippen LogP contribution is 2.37. The summed E-state index contributed by atoms with van der Waals surface area (Å²) < 4.78 is 2.05. The van der Waals surface area contributed by atoms with Crippen LogP contribution < -0.4 is 0 Å². The number of phenols is 1. The van der Waals surface area contributed by atoms with Crippen LogP contribution in [-0.4, -0.2) is 24.6 Å². The molecule has 196 valence electrons. The predicted octanol–water partition coefficient (Wildman–Crippen LogP) is 8.50. The van der Waals surface area contributed by atoms with E-state index >= 15 is 0 Å². The van der Waals surface area contributed by atoms with Gasteiger partial charge in [0.1, 0.15) is 17.1 Å². The molecule has 0 amide bonds. The molecule has 0 fully saturated rings. The number of phenolic OH excluding ortho intramolecular Hbond substituents is 1. The molecule has 0 saturated carbocycles. The van der Waals surface area contributed by atoms with E-state index in [4.69, 9.17) is 9.97 Å². The Hall–Kier alpha value is -5.55. The number of para-hydroxylation sites is 2. The van der Waals surface area contributed by atoms with Crippen molar-refractivity contribution >= 4 is 11.0 Å². The molecule has 0 aliphatic carbocycles. The minimum Gasteiger partial charge on any atom is -0.507 e. The van der Waals surface area contributed by atoms with Crippen molar-refractivity contribution in [3.05, 3.63) is 139 Å². The summed E-state index contributed by atoms with van der Waals surface area (Å²) in [4.78, 5) is 14.5. The summed E-state index contributed by atoms with van der Waals surface area (Å²) in [6.07, 6.45) is 5.63. The van der Waals surface area contributed by atoms with E-state index in [0.717, 1.165) is 44.7 Å². The maximum atomic E-state index is 10.8. The van der Waals surface area contributed by atoms with E-state index in [2.05, 4.69) is 65.0 Å². The molecule has 0 saturated heterocycles. The first-order valence-electron chi connectivity index (χ1n) is 13.5. The molecule has 0 radical (unpaired) electrons. The highest BCUT2D eigenvalue weighted by Gasteiger charge is 2.20. The van der Waals surface area contributed by atoms with Gasteiger partial charge in [-0.05, 0) is 65.6 Å². The van der Waals surface area contributed by atoms with Crippen molar-refractivity contribution in [1.29, 1.82) is 0 Å². The van der Waals surface area contributed by atoms with Gasteiger partial charge in [0.15, 0.2) is 0 Å². The smallest absolute Gasteiger partial charge is 0.149 e. The lowest BCUT2D eigenvalue weighted by atomic mass is 9.98. The molecule has 0 spiro atoms. The van der Waals surface area contributed by atoms with Crippen LogP contribution in [0, 0.1) is 6.92 Å². The van der Waals surface area contributed by atoms with Gasteiger partial charge in [0, 0.05) is 29.2 Å². The van der Waals surface area contributed by atoms with Crippen LogP contribution in [0.5, 0.6) is 5.75 Å². The molecule has 4 aromatic carbocycles. The standard InChI is InChI=1S/C36H26N4O/c1-24-21-38-32(20-30(24)25-11-4-2-5-12-25)27-14-10-13-26(19-27)31-22-37-23-33-35(31)39-36(29-17-8-9-18-34(29)41)40(33)28-15-6-3-7-16-28/h2-23,41H,1H3. The molecule has 7 aromatic rings. The van der Waals surface area contributed by atoms with Crippen LogP contribution in [0.3, 0.4) is 0 Å². The second kappa shape index (κ2) is 10.2. The number of imidazole rings is 1. The van der Waals surface area contributed by atoms with Crippen molar-refractivity contribution in [1.82, 2.24) is 19.5 Å². The van der Waals surface area contributed by atoms with E-state index < -0.39 is 0 Å². The summed E-state index contributed by atoms with van der Waals surface area (Å²) in [5, 5.41) is 10.8. The highest BCUT2D eigenvalue weighted by atomic mass is 16.3. The Labute approximate surface area is 238 Å². The van der Waals surface area contributed by atoms with Crippen LogP contribution in [0.1, 0.15) is 5.56 Å². The summed E-state index contributed by atoms with van der Waals surface area (Å²) in [5.41, 5.74) is 10.5. The van der Waals surface area contributed by atoms with Gasteiger partial charge in [-0.25, -0.2) is 4.98 Å². The van der Waals surface area contributed by atoms with Gasteiger partial charge in [0.05, 0.1) is 23.0 Å². The molecule has 7 rings (SSSR count). The Morgan fingerprint density at radius 1 is 0.610 bits per heavy atom. The number of pyridine rings is 2. The monoisotopic (exact) mass is 530 g/mol. The molecular formula is C36H26N4O. The van der Waals surface area contributed by atoms with Crippen molar-refractivity contribution < 1.29 is 5.11 Å². The molecule has 3 heterocycles. The number of hydrogen-bond acceptors (Lipinski definition) is 4. The Morgan fingerprint density at radius 2 is 1.32 bits per heavy atom. The zero-order valence-corrected chi connectivity index (χ0v) is 22.4. The number of aromatic nitrogens is 4. The van der Waals surface area contributed by atoms with Crippen molar-refractivity contribution in [2.24, 2.45) is 0 Å². The van der Waals surface area contributed by atoms with Crippen molar-refractivity contribution in [3.8, 4) is 56.3 Å². The van der Waals surface area contributed by atoms with Crippen LogP contribution >= 0.6 is 0 Å². The van der Waals surface area contributed by atoms with Crippen LogP contribution in [0.25, 0.3) is 61.6 Å². The molecule has 5 nitrogen and oxygen atoms in total. The topological polar surface area (TPSA) is 63.8 Å². The third kappa shape index (κ3) is 4.43. The van der Waals surface area contributed by atoms with E-state index in [1.807, 2.05) is 79.3 Å². The number of nitrogens with zero attached hydrogens (tertiary/aromatic N) is 4. The first-order valence-corrected chi connectivity index (χ1v) is 13.5. The molecule has 0 aliphatic heterocycles. The summed E-state index contributed by atoms with van der Waals surface area (Å²) in [6.45, 7) is 2.09. The summed E-state index contributed by atoms with van der Waals surface area (Å²) >= 11 is 0. The molecule has 1 N–H and O–H groups in total. The third-order valence-electron chi connectivity index (χ3n) is 7.39. The molecule has 0 bridgehead atoms. The van der Waals surface area contributed by atoms with Gasteiger partial charge in [-0.2, -0.15) is 0 Å². The lowest BCUT2D eigenvalue weighted by molar-refractivity contribution is 0.477. The Morgan fingerprint density at radius 3 is 2.12 bits per heavy atom. The number of fused-ring (bicyclic) bond motifs is 1. The van der Waals surface area contributed by atoms with E-state index in [1.165, 1.54) is 11.1 Å². The molecule has 5 heteroatoms. The number of benzene rings is 4. The van der Waals surface area contributed by atoms with Crippen LogP contribution in [0.4, 0.5) is 0 Å². The van der Waals surface area contributed by atoms with E-state index in [0.29, 0.717) is 11.4 Å². The summed E-state index contributed by atoms with van der Waals surface area (Å²) in [6, 6.07) is 38.2. The molecule has 0 unspecified atom stereocenters. The van der Waals surface area contributed by atoms with Crippen molar-refractivity contribution in [2.75, 3.05) is 0 Å². The predicted molar refractivity (Wildman–Crippen MR) is 165 cm³/mol. The fourth-order valence-electron chi connectivity index (χ4n) is 5.34. The van der Waals surface area contributed by atoms with Gasteiger partial charge in [-0.3, -0.25) is 14.5 Å². The number of aryl methyl sites for hydroxylation is 1. The van der Waals surface area contributed by atoms with E-state index in [1.54, 1.807) is 6.07 Å². The van der Waals surface area contributed by atoms with Crippen molar-refractivity contribution in [2.45, 2.75) is 6.92 Å². The lowest BCUT2D eigenvalue weighted by Crippen LogP contribution is -1.97. The van der Waals surface area contributed by atoms with Gasteiger partial charge < -0.3 is 5.11 Å². The van der Waals surface area contributed by atoms with E-state index in [9.17, 15) is 5.11 Å². The molecular weight excluding hydrogens is 504 g/mol. The lowest BCUT2D eigenvalue weighted by Gasteiger charge is -2.11. The Balaban J connectivity index is 1.40. The van der Waals surface area contributed by atoms with Crippen molar-refractivity contribution in [3.63, 3.8) is 0 Å². The van der Waals surface area contributed by atoms with Gasteiger partial charge >= 0.3 is 0 Å². The van der Waals surface area contributed by atoms with Gasteiger partial charge in [0.2, 0.25) is 0 Å². The normalized spacial score (nSPS) is 11.1. The molecule has 0 atom stereocenters. The second-order valence-corrected chi connectivity index (χ2v) is 10.0. The quantitative estimate of drug-likeness (QED) is 0.242. The Bertz CT molecular complexity index is 2010. The summed E-state index contributed by atoms with van der Waals surface area (Å²) in [7, 11) is 0. The van der Waals surface area contributed by atoms with Gasteiger partial charge in [0.25, 0.3) is 0 Å². The minimum atomic E-state index is 0.177. The SMILES string of the molecule is Cc1cnc(-c2cccc(-c3cncc4c3nc(-c3ccccc3O)n4-c3ccccc3)c2)cc1-c1ccccc1. The molecule has 41 heavy (non-hydrogen) atoms. The molecule has 0 aliphatic rings. The van der Waals surface area contributed by atoms with Gasteiger partial charge in [-0.15, -0.1) is 0 Å². The maximum Gasteiger partial charge on any atom is 0.149 e. The largest absolute Gasteiger partial charge is 0.507 e. The number of rotatable bonds is 5. The average molecular weight is 531 g/mol. The number of aromatic hydroxyl groups is 1. The first-order chi connectivity index (χ1) is 20.2. The first kappa shape index (κ1) is 24.5. The molecule has 3 aromatic heterocycles. The zero-order valence-electron chi connectivity index (χ0n) is 22.4. The van der Waals surface area contributed by atoms with Gasteiger partial charge in [-0.1, -0.05) is 78.9 Å². The second-order valence-electron chi connectivity index (χ2n) is 10.0.